The van der Waals surface area contributed by atoms with E-state index in [-0.39, 0.29) is 31.6 Å². The fraction of sp³-hybridized carbons (Fsp3) is 0.292. The van der Waals surface area contributed by atoms with Gasteiger partial charge in [0.05, 0.1) is 38.1 Å². The second kappa shape index (κ2) is 9.42. The van der Waals surface area contributed by atoms with Gasteiger partial charge < -0.3 is 25.0 Å². The van der Waals surface area contributed by atoms with Crippen molar-refractivity contribution in [3.63, 3.8) is 0 Å². The number of likely N-dealkylation sites (N-methyl/N-ethyl adjacent to an activating group) is 1. The predicted octanol–water partition coefficient (Wildman–Crippen LogP) is 1.95. The van der Waals surface area contributed by atoms with E-state index in [1.54, 1.807) is 37.4 Å². The van der Waals surface area contributed by atoms with Crippen molar-refractivity contribution in [2.24, 2.45) is 0 Å². The summed E-state index contributed by atoms with van der Waals surface area (Å²) in [7, 11) is 4.56. The van der Waals surface area contributed by atoms with Crippen LogP contribution in [0.25, 0.3) is 0 Å². The zero-order chi connectivity index (χ0) is 24.4. The first kappa shape index (κ1) is 23.1. The maximum absolute atomic E-state index is 13.4. The summed E-state index contributed by atoms with van der Waals surface area (Å²) in [5.41, 5.74) is 2.06. The van der Waals surface area contributed by atoms with Gasteiger partial charge in [-0.15, -0.1) is 0 Å². The number of methoxy groups -OCH3 is 2. The Morgan fingerprint density at radius 2 is 1.94 bits per heavy atom. The normalized spacial score (nSPS) is 17.5. The lowest BCUT2D eigenvalue weighted by atomic mass is 9.94. The van der Waals surface area contributed by atoms with Gasteiger partial charge in [0.2, 0.25) is 5.91 Å². The van der Waals surface area contributed by atoms with Crippen LogP contribution in [0.15, 0.2) is 53.7 Å². The lowest BCUT2D eigenvalue weighted by Crippen LogP contribution is -2.45. The van der Waals surface area contributed by atoms with E-state index < -0.39 is 17.8 Å². The number of urea groups is 1. The maximum atomic E-state index is 13.4. The molecule has 34 heavy (non-hydrogen) atoms. The molecular weight excluding hydrogens is 443 g/mol. The molecule has 4 amide bonds. The number of carbonyl (C=O) groups excluding carboxylic acids is 3. The molecule has 0 aromatic heterocycles. The average molecular weight is 468 g/mol. The van der Waals surface area contributed by atoms with E-state index in [1.165, 1.54) is 36.2 Å². The van der Waals surface area contributed by atoms with Crippen molar-refractivity contribution in [3.8, 4) is 11.5 Å². The maximum Gasteiger partial charge on any atom is 0.322 e. The van der Waals surface area contributed by atoms with Gasteiger partial charge in [-0.25, -0.2) is 9.18 Å². The van der Waals surface area contributed by atoms with Crippen LogP contribution < -0.4 is 20.1 Å². The topological polar surface area (TPSA) is 100 Å². The van der Waals surface area contributed by atoms with E-state index in [0.29, 0.717) is 33.9 Å². The van der Waals surface area contributed by atoms with Crippen LogP contribution in [0.5, 0.6) is 11.5 Å². The second-order valence-electron chi connectivity index (χ2n) is 7.95. The fourth-order valence-corrected chi connectivity index (χ4v) is 4.20. The molecule has 0 spiro atoms. The summed E-state index contributed by atoms with van der Waals surface area (Å²) in [5.74, 6) is -0.273. The minimum absolute atomic E-state index is 0.105. The molecule has 0 bridgehead atoms. The van der Waals surface area contributed by atoms with Crippen molar-refractivity contribution < 1.29 is 28.2 Å². The minimum atomic E-state index is -0.767. The van der Waals surface area contributed by atoms with Crippen molar-refractivity contribution in [3.05, 3.63) is 70.7 Å². The Bertz CT molecular complexity index is 1180. The Labute approximate surface area is 196 Å². The van der Waals surface area contributed by atoms with E-state index in [9.17, 15) is 18.8 Å². The standard InChI is InChI=1S/C24H25FN4O5/c1-28-17-12-29(13-19(30)26-11-14-6-4-7-15(25)10-14)23(31)20(17)21(27-24(28)32)16-8-5-9-18(33-2)22(16)34-3/h4-10,21H,11-13H2,1-3H3,(H,26,30)(H,27,32). The molecule has 0 radical (unpaired) electrons. The molecule has 10 heteroatoms. The molecule has 2 aromatic rings. The minimum Gasteiger partial charge on any atom is -0.493 e. The van der Waals surface area contributed by atoms with Gasteiger partial charge in [0, 0.05) is 19.2 Å². The van der Waals surface area contributed by atoms with Gasteiger partial charge in [0.15, 0.2) is 11.5 Å². The molecule has 0 saturated carbocycles. The molecule has 0 saturated heterocycles. The van der Waals surface area contributed by atoms with Gasteiger partial charge in [0.25, 0.3) is 5.91 Å². The Hall–Kier alpha value is -4.08. The van der Waals surface area contributed by atoms with Crippen LogP contribution in [-0.4, -0.2) is 62.0 Å². The van der Waals surface area contributed by atoms with Crippen LogP contribution >= 0.6 is 0 Å². The van der Waals surface area contributed by atoms with Crippen LogP contribution in [0.2, 0.25) is 0 Å². The molecule has 2 aliphatic rings. The summed E-state index contributed by atoms with van der Waals surface area (Å²) in [6.45, 7) is 0.0365. The number of halogens is 1. The van der Waals surface area contributed by atoms with Gasteiger partial charge in [-0.3, -0.25) is 14.5 Å². The third-order valence-corrected chi connectivity index (χ3v) is 5.89. The van der Waals surface area contributed by atoms with Crippen molar-refractivity contribution in [2.45, 2.75) is 12.6 Å². The van der Waals surface area contributed by atoms with Crippen molar-refractivity contribution >= 4 is 17.8 Å². The van der Waals surface area contributed by atoms with E-state index >= 15 is 0 Å². The largest absolute Gasteiger partial charge is 0.493 e. The Morgan fingerprint density at radius 1 is 1.18 bits per heavy atom. The summed E-state index contributed by atoms with van der Waals surface area (Å²) in [6, 6.07) is 10.00. The van der Waals surface area contributed by atoms with E-state index in [4.69, 9.17) is 9.47 Å². The zero-order valence-corrected chi connectivity index (χ0v) is 19.1. The second-order valence-corrected chi connectivity index (χ2v) is 7.95. The Morgan fingerprint density at radius 3 is 2.65 bits per heavy atom. The van der Waals surface area contributed by atoms with Crippen molar-refractivity contribution in [1.29, 1.82) is 0 Å². The molecule has 0 aliphatic carbocycles. The van der Waals surface area contributed by atoms with Gasteiger partial charge in [0.1, 0.15) is 12.4 Å². The molecule has 2 N–H and O–H groups in total. The quantitative estimate of drug-likeness (QED) is 0.647. The molecule has 4 rings (SSSR count). The number of hydrogen-bond donors (Lipinski definition) is 2. The summed E-state index contributed by atoms with van der Waals surface area (Å²) in [5, 5.41) is 5.55. The van der Waals surface area contributed by atoms with E-state index in [1.807, 2.05) is 0 Å². The first-order valence-corrected chi connectivity index (χ1v) is 10.6. The lowest BCUT2D eigenvalue weighted by molar-refractivity contribution is -0.132. The fourth-order valence-electron chi connectivity index (χ4n) is 4.20. The summed E-state index contributed by atoms with van der Waals surface area (Å²) < 4.78 is 24.2. The molecule has 0 fully saturated rings. The Kier molecular flexibility index (Phi) is 6.40. The zero-order valence-electron chi connectivity index (χ0n) is 19.1. The highest BCUT2D eigenvalue weighted by atomic mass is 19.1. The number of para-hydroxylation sites is 1. The SMILES string of the molecule is COc1cccc(C2NC(=O)N(C)C3=C2C(=O)N(CC(=O)NCc2cccc(F)c2)C3)c1OC. The van der Waals surface area contributed by atoms with Crippen LogP contribution in [-0.2, 0) is 16.1 Å². The molecule has 2 aliphatic heterocycles. The Balaban J connectivity index is 1.55. The number of amides is 4. The number of benzene rings is 2. The van der Waals surface area contributed by atoms with Gasteiger partial charge in [-0.2, -0.15) is 0 Å². The first-order chi connectivity index (χ1) is 16.3. The van der Waals surface area contributed by atoms with Crippen LogP contribution in [0.1, 0.15) is 17.2 Å². The molecular formula is C24H25FN4O5. The average Bonchev–Trinajstić information content (AvgIpc) is 3.15. The summed E-state index contributed by atoms with van der Waals surface area (Å²) in [6.07, 6.45) is 0. The molecule has 1 unspecified atom stereocenters. The number of rotatable bonds is 7. The lowest BCUT2D eigenvalue weighted by Gasteiger charge is -2.31. The molecule has 9 nitrogen and oxygen atoms in total. The van der Waals surface area contributed by atoms with Gasteiger partial charge in [-0.05, 0) is 23.8 Å². The van der Waals surface area contributed by atoms with Crippen LogP contribution in [0, 0.1) is 5.82 Å². The number of hydrogen-bond acceptors (Lipinski definition) is 5. The highest BCUT2D eigenvalue weighted by molar-refractivity contribution is 6.03. The number of ether oxygens (including phenoxy) is 2. The molecule has 1 atom stereocenters. The number of nitrogens with one attached hydrogen (secondary N) is 2. The van der Waals surface area contributed by atoms with E-state index in [2.05, 4.69) is 10.6 Å². The molecule has 178 valence electrons. The van der Waals surface area contributed by atoms with Gasteiger partial charge in [-0.1, -0.05) is 24.3 Å². The monoisotopic (exact) mass is 468 g/mol. The summed E-state index contributed by atoms with van der Waals surface area (Å²) >= 11 is 0. The number of carbonyl (C=O) groups is 3. The first-order valence-electron chi connectivity index (χ1n) is 10.6. The van der Waals surface area contributed by atoms with Gasteiger partial charge >= 0.3 is 6.03 Å². The highest BCUT2D eigenvalue weighted by Crippen LogP contribution is 2.42. The van der Waals surface area contributed by atoms with Crippen LogP contribution in [0.4, 0.5) is 9.18 Å². The van der Waals surface area contributed by atoms with Crippen molar-refractivity contribution in [2.75, 3.05) is 34.4 Å². The third kappa shape index (κ3) is 4.26. The predicted molar refractivity (Wildman–Crippen MR) is 120 cm³/mol. The molecule has 2 heterocycles. The van der Waals surface area contributed by atoms with E-state index in [0.717, 1.165) is 0 Å². The van der Waals surface area contributed by atoms with Crippen LogP contribution in [0.3, 0.4) is 0 Å². The van der Waals surface area contributed by atoms with Crippen molar-refractivity contribution in [1.82, 2.24) is 20.4 Å². The molecule has 2 aromatic carbocycles. The number of nitrogens with zero attached hydrogens (tertiary/aromatic N) is 2. The smallest absolute Gasteiger partial charge is 0.322 e. The summed E-state index contributed by atoms with van der Waals surface area (Å²) in [4.78, 5) is 41.3. The highest BCUT2D eigenvalue weighted by Gasteiger charge is 2.44. The third-order valence-electron chi connectivity index (χ3n) is 5.89.